The highest BCUT2D eigenvalue weighted by atomic mass is 79.9. The molecule has 0 bridgehead atoms. The molecule has 3 heterocycles. The van der Waals surface area contributed by atoms with Gasteiger partial charge in [-0.15, -0.1) is 0 Å². The fourth-order valence-electron chi connectivity index (χ4n) is 3.64. The minimum Gasteiger partial charge on any atom is -0.336 e. The van der Waals surface area contributed by atoms with Gasteiger partial charge in [-0.1, -0.05) is 36.4 Å². The Morgan fingerprint density at radius 2 is 1.83 bits per heavy atom. The first-order valence-electron chi connectivity index (χ1n) is 9.87. The van der Waals surface area contributed by atoms with Gasteiger partial charge in [0.15, 0.2) is 0 Å². The summed E-state index contributed by atoms with van der Waals surface area (Å²) < 4.78 is 2.89. The molecule has 1 aliphatic heterocycles. The lowest BCUT2D eigenvalue weighted by Crippen LogP contribution is -2.35. The van der Waals surface area contributed by atoms with Crippen LogP contribution in [0.1, 0.15) is 28.3 Å². The zero-order valence-corrected chi connectivity index (χ0v) is 17.8. The van der Waals surface area contributed by atoms with Crippen molar-refractivity contribution in [2.24, 2.45) is 0 Å². The Bertz CT molecular complexity index is 959. The summed E-state index contributed by atoms with van der Waals surface area (Å²) in [7, 11) is 0. The summed E-state index contributed by atoms with van der Waals surface area (Å²) >= 11 is 3.34. The first kappa shape index (κ1) is 19.8. The highest BCUT2D eigenvalue weighted by Crippen LogP contribution is 2.13. The highest BCUT2D eigenvalue weighted by Gasteiger charge is 2.22. The molecule has 4 rings (SSSR count). The van der Waals surface area contributed by atoms with Gasteiger partial charge in [-0.05, 0) is 40.0 Å². The van der Waals surface area contributed by atoms with E-state index in [-0.39, 0.29) is 5.91 Å². The van der Waals surface area contributed by atoms with E-state index >= 15 is 0 Å². The number of carbonyl (C=O) groups is 1. The summed E-state index contributed by atoms with van der Waals surface area (Å²) in [6.45, 7) is 4.85. The zero-order valence-electron chi connectivity index (χ0n) is 16.2. The second kappa shape index (κ2) is 9.33. The van der Waals surface area contributed by atoms with Crippen LogP contribution < -0.4 is 0 Å². The molecule has 0 aliphatic carbocycles. The van der Waals surface area contributed by atoms with E-state index in [1.807, 2.05) is 35.5 Å². The molecular weight excluding hydrogens is 430 g/mol. The fourth-order valence-corrected chi connectivity index (χ4v) is 3.98. The van der Waals surface area contributed by atoms with Gasteiger partial charge in [0.2, 0.25) is 0 Å². The molecule has 0 unspecified atom stereocenters. The Morgan fingerprint density at radius 3 is 2.66 bits per heavy atom. The zero-order chi connectivity index (χ0) is 20.1. The minimum atomic E-state index is -0.00118. The lowest BCUT2D eigenvalue weighted by atomic mass is 10.2. The first-order valence-corrected chi connectivity index (χ1v) is 10.7. The van der Waals surface area contributed by atoms with Crippen LogP contribution in [0.2, 0.25) is 0 Å². The third kappa shape index (κ3) is 5.10. The van der Waals surface area contributed by atoms with Crippen LogP contribution >= 0.6 is 15.9 Å². The summed E-state index contributed by atoms with van der Waals surface area (Å²) in [4.78, 5) is 26.0. The number of nitrogens with zero attached hydrogens (tertiary/aromatic N) is 5. The van der Waals surface area contributed by atoms with Crippen LogP contribution in [0.25, 0.3) is 0 Å². The van der Waals surface area contributed by atoms with Crippen molar-refractivity contribution in [1.82, 2.24) is 24.3 Å². The molecule has 150 valence electrons. The van der Waals surface area contributed by atoms with E-state index in [2.05, 4.69) is 59.6 Å². The number of hydrogen-bond donors (Lipinski definition) is 0. The number of benzene rings is 1. The molecule has 6 nitrogen and oxygen atoms in total. The number of halogens is 1. The molecule has 1 aromatic carbocycles. The lowest BCUT2D eigenvalue weighted by Gasteiger charge is -2.22. The monoisotopic (exact) mass is 453 g/mol. The number of rotatable bonds is 5. The van der Waals surface area contributed by atoms with E-state index in [9.17, 15) is 4.79 Å². The SMILES string of the molecule is O=C(c1cccc(Br)n1)N1CCCN(Cc2nccn2Cc2ccccc2)CC1. The van der Waals surface area contributed by atoms with Crippen LogP contribution in [0.4, 0.5) is 0 Å². The number of hydrogen-bond acceptors (Lipinski definition) is 4. The van der Waals surface area contributed by atoms with E-state index < -0.39 is 0 Å². The largest absolute Gasteiger partial charge is 0.336 e. The number of aromatic nitrogens is 3. The van der Waals surface area contributed by atoms with Crippen molar-refractivity contribution in [1.29, 1.82) is 0 Å². The van der Waals surface area contributed by atoms with Gasteiger partial charge in [-0.25, -0.2) is 9.97 Å². The molecule has 3 aromatic rings. The molecule has 0 atom stereocenters. The molecular formula is C22H24BrN5O. The maximum Gasteiger partial charge on any atom is 0.272 e. The summed E-state index contributed by atoms with van der Waals surface area (Å²) in [6, 6.07) is 15.9. The van der Waals surface area contributed by atoms with Crippen molar-refractivity contribution in [2.45, 2.75) is 19.5 Å². The Hall–Kier alpha value is -2.51. The van der Waals surface area contributed by atoms with Gasteiger partial charge in [-0.2, -0.15) is 0 Å². The smallest absolute Gasteiger partial charge is 0.272 e. The predicted molar refractivity (Wildman–Crippen MR) is 116 cm³/mol. The third-order valence-electron chi connectivity index (χ3n) is 5.17. The molecule has 2 aromatic heterocycles. The van der Waals surface area contributed by atoms with E-state index in [0.717, 1.165) is 45.0 Å². The van der Waals surface area contributed by atoms with Gasteiger partial charge < -0.3 is 9.47 Å². The second-order valence-electron chi connectivity index (χ2n) is 7.22. The van der Waals surface area contributed by atoms with Gasteiger partial charge in [0.25, 0.3) is 5.91 Å². The third-order valence-corrected chi connectivity index (χ3v) is 5.61. The molecule has 0 N–H and O–H groups in total. The van der Waals surface area contributed by atoms with Crippen LogP contribution in [0.3, 0.4) is 0 Å². The van der Waals surface area contributed by atoms with Crippen LogP contribution in [0.15, 0.2) is 65.5 Å². The molecule has 7 heteroatoms. The van der Waals surface area contributed by atoms with Crippen LogP contribution in [-0.4, -0.2) is 56.4 Å². The van der Waals surface area contributed by atoms with E-state index in [1.165, 1.54) is 5.56 Å². The van der Waals surface area contributed by atoms with Crippen LogP contribution in [0, 0.1) is 0 Å². The van der Waals surface area contributed by atoms with Crippen molar-refractivity contribution in [3.05, 3.63) is 82.6 Å². The Morgan fingerprint density at radius 1 is 0.966 bits per heavy atom. The average molecular weight is 454 g/mol. The molecule has 1 saturated heterocycles. The van der Waals surface area contributed by atoms with E-state index in [0.29, 0.717) is 16.8 Å². The molecule has 1 aliphatic rings. The molecule has 0 spiro atoms. The number of carbonyl (C=O) groups excluding carboxylic acids is 1. The molecule has 0 saturated carbocycles. The molecule has 1 fully saturated rings. The van der Waals surface area contributed by atoms with Crippen molar-refractivity contribution >= 4 is 21.8 Å². The summed E-state index contributed by atoms with van der Waals surface area (Å²) in [5, 5.41) is 0. The number of pyridine rings is 1. The standard InChI is InChI=1S/C22H24BrN5O/c23-20-9-4-8-19(25-20)22(29)27-12-5-11-26(14-15-27)17-21-24-10-13-28(21)16-18-6-2-1-3-7-18/h1-4,6-10,13H,5,11-12,14-17H2. The lowest BCUT2D eigenvalue weighted by molar-refractivity contribution is 0.0755. The van der Waals surface area contributed by atoms with Gasteiger partial charge in [0.1, 0.15) is 16.1 Å². The van der Waals surface area contributed by atoms with Crippen molar-refractivity contribution in [3.8, 4) is 0 Å². The first-order chi connectivity index (χ1) is 14.2. The van der Waals surface area contributed by atoms with E-state index in [4.69, 9.17) is 0 Å². The van der Waals surface area contributed by atoms with Crippen molar-refractivity contribution in [3.63, 3.8) is 0 Å². The van der Waals surface area contributed by atoms with Gasteiger partial charge in [0.05, 0.1) is 6.54 Å². The van der Waals surface area contributed by atoms with Crippen LogP contribution in [0.5, 0.6) is 0 Å². The summed E-state index contributed by atoms with van der Waals surface area (Å²) in [6.07, 6.45) is 4.85. The number of imidazole rings is 1. The number of amides is 1. The van der Waals surface area contributed by atoms with Crippen molar-refractivity contribution < 1.29 is 4.79 Å². The van der Waals surface area contributed by atoms with E-state index in [1.54, 1.807) is 6.07 Å². The Balaban J connectivity index is 1.37. The maximum absolute atomic E-state index is 12.8. The van der Waals surface area contributed by atoms with Crippen molar-refractivity contribution in [2.75, 3.05) is 26.2 Å². The second-order valence-corrected chi connectivity index (χ2v) is 8.04. The molecule has 1 amide bonds. The highest BCUT2D eigenvalue weighted by molar-refractivity contribution is 9.10. The quantitative estimate of drug-likeness (QED) is 0.555. The molecule has 29 heavy (non-hydrogen) atoms. The molecule has 0 radical (unpaired) electrons. The Kier molecular flexibility index (Phi) is 6.36. The van der Waals surface area contributed by atoms with Gasteiger partial charge in [-0.3, -0.25) is 9.69 Å². The normalized spacial score (nSPS) is 15.3. The topological polar surface area (TPSA) is 54.3 Å². The fraction of sp³-hybridized carbons (Fsp3) is 0.318. The summed E-state index contributed by atoms with van der Waals surface area (Å²) in [5.74, 6) is 1.06. The predicted octanol–water partition coefficient (Wildman–Crippen LogP) is 3.44. The van der Waals surface area contributed by atoms with Crippen LogP contribution in [-0.2, 0) is 13.1 Å². The maximum atomic E-state index is 12.8. The average Bonchev–Trinajstić information content (AvgIpc) is 3.03. The minimum absolute atomic E-state index is 0.00118. The van der Waals surface area contributed by atoms with Gasteiger partial charge >= 0.3 is 0 Å². The summed E-state index contributed by atoms with van der Waals surface area (Å²) in [5.41, 5.74) is 1.76. The Labute approximate surface area is 179 Å². The van der Waals surface area contributed by atoms with Gasteiger partial charge in [0, 0.05) is 45.1 Å².